The fourth-order valence-electron chi connectivity index (χ4n) is 4.48. The fourth-order valence-corrected chi connectivity index (χ4v) is 4.48. The summed E-state index contributed by atoms with van der Waals surface area (Å²) >= 11 is 0. The number of likely N-dealkylation sites (tertiary alicyclic amines) is 2. The quantitative estimate of drug-likeness (QED) is 0.297. The van der Waals surface area contributed by atoms with E-state index in [9.17, 15) is 4.79 Å². The van der Waals surface area contributed by atoms with Gasteiger partial charge in [-0.3, -0.25) is 14.7 Å². The van der Waals surface area contributed by atoms with Crippen LogP contribution in [0, 0.1) is 5.92 Å². The number of halogens is 1. The van der Waals surface area contributed by atoms with Crippen LogP contribution in [0.1, 0.15) is 64.2 Å². The highest BCUT2D eigenvalue weighted by Gasteiger charge is 2.24. The minimum absolute atomic E-state index is 0. The number of nitrogens with one attached hydrogen (secondary N) is 2. The Bertz CT molecular complexity index is 661. The van der Waals surface area contributed by atoms with Gasteiger partial charge < -0.3 is 20.0 Å². The Balaban J connectivity index is 0.00000341. The molecule has 1 aromatic rings. The fraction of sp³-hybridized carbons (Fsp3) is 0.739. The van der Waals surface area contributed by atoms with Gasteiger partial charge in [0.25, 0.3) is 0 Å². The average Bonchev–Trinajstić information content (AvgIpc) is 3.29. The highest BCUT2D eigenvalue weighted by Crippen LogP contribution is 2.25. The van der Waals surface area contributed by atoms with Crippen molar-refractivity contribution in [2.45, 2.75) is 58.4 Å². The summed E-state index contributed by atoms with van der Waals surface area (Å²) < 4.78 is 5.73. The van der Waals surface area contributed by atoms with Crippen molar-refractivity contribution in [3.05, 3.63) is 24.2 Å². The van der Waals surface area contributed by atoms with E-state index >= 15 is 0 Å². The lowest BCUT2D eigenvalue weighted by Gasteiger charge is -2.32. The number of hydrogen-bond acceptors (Lipinski definition) is 4. The van der Waals surface area contributed by atoms with E-state index in [0.717, 1.165) is 50.9 Å². The summed E-state index contributed by atoms with van der Waals surface area (Å²) in [5.41, 5.74) is 0. The minimum atomic E-state index is 0. The van der Waals surface area contributed by atoms with Gasteiger partial charge in [-0.15, -0.1) is 24.0 Å². The second-order valence-corrected chi connectivity index (χ2v) is 8.61. The van der Waals surface area contributed by atoms with E-state index in [1.807, 2.05) is 17.0 Å². The Kier molecular flexibility index (Phi) is 11.7. The number of hydrogen-bond donors (Lipinski definition) is 2. The molecule has 8 heteroatoms. The molecule has 7 nitrogen and oxygen atoms in total. The van der Waals surface area contributed by atoms with Crippen molar-refractivity contribution in [2.24, 2.45) is 10.9 Å². The maximum Gasteiger partial charge on any atom is 0.224 e. The van der Waals surface area contributed by atoms with Crippen molar-refractivity contribution in [3.63, 3.8) is 0 Å². The molecule has 0 spiro atoms. The summed E-state index contributed by atoms with van der Waals surface area (Å²) in [5.74, 6) is 2.60. The molecule has 1 amide bonds. The number of guanidine groups is 1. The van der Waals surface area contributed by atoms with Crippen LogP contribution in [0.5, 0.6) is 0 Å². The lowest BCUT2D eigenvalue weighted by molar-refractivity contribution is -0.132. The summed E-state index contributed by atoms with van der Waals surface area (Å²) in [6, 6.07) is 4.16. The second-order valence-electron chi connectivity index (χ2n) is 8.61. The molecule has 2 saturated heterocycles. The van der Waals surface area contributed by atoms with E-state index in [4.69, 9.17) is 9.41 Å². The van der Waals surface area contributed by atoms with E-state index < -0.39 is 0 Å². The minimum Gasteiger partial charge on any atom is -0.468 e. The molecule has 2 N–H and O–H groups in total. The van der Waals surface area contributed by atoms with Gasteiger partial charge in [-0.2, -0.15) is 0 Å². The number of piperidine rings is 2. The molecule has 0 aromatic carbocycles. The first kappa shape index (κ1) is 26.0. The van der Waals surface area contributed by atoms with Gasteiger partial charge in [-0.25, -0.2) is 0 Å². The summed E-state index contributed by atoms with van der Waals surface area (Å²) in [4.78, 5) is 21.9. The van der Waals surface area contributed by atoms with Gasteiger partial charge in [0.1, 0.15) is 5.76 Å². The largest absolute Gasteiger partial charge is 0.468 e. The molecule has 0 radical (unpaired) electrons. The van der Waals surface area contributed by atoms with Crippen LogP contribution >= 0.6 is 24.0 Å². The molecule has 31 heavy (non-hydrogen) atoms. The zero-order valence-corrected chi connectivity index (χ0v) is 21.5. The first-order chi connectivity index (χ1) is 14.7. The van der Waals surface area contributed by atoms with E-state index in [0.29, 0.717) is 25.4 Å². The van der Waals surface area contributed by atoms with Crippen molar-refractivity contribution in [1.29, 1.82) is 0 Å². The van der Waals surface area contributed by atoms with Gasteiger partial charge in [0.2, 0.25) is 5.91 Å². The lowest BCUT2D eigenvalue weighted by atomic mass is 10.00. The van der Waals surface area contributed by atoms with Crippen LogP contribution in [0.2, 0.25) is 0 Å². The molecule has 0 bridgehead atoms. The van der Waals surface area contributed by atoms with Gasteiger partial charge in [0, 0.05) is 32.6 Å². The second kappa shape index (κ2) is 14.0. The molecular weight excluding hydrogens is 505 g/mol. The predicted octanol–water partition coefficient (Wildman–Crippen LogP) is 3.63. The van der Waals surface area contributed by atoms with Crippen molar-refractivity contribution >= 4 is 35.8 Å². The van der Waals surface area contributed by atoms with Crippen LogP contribution in [0.15, 0.2) is 27.8 Å². The van der Waals surface area contributed by atoms with Gasteiger partial charge in [0.15, 0.2) is 5.96 Å². The van der Waals surface area contributed by atoms with Gasteiger partial charge >= 0.3 is 0 Å². The van der Waals surface area contributed by atoms with E-state index in [2.05, 4.69) is 29.4 Å². The van der Waals surface area contributed by atoms with Gasteiger partial charge in [-0.05, 0) is 63.7 Å². The highest BCUT2D eigenvalue weighted by atomic mass is 127. The summed E-state index contributed by atoms with van der Waals surface area (Å²) in [6.07, 6.45) is 8.37. The summed E-state index contributed by atoms with van der Waals surface area (Å²) in [7, 11) is 0. The monoisotopic (exact) mass is 545 g/mol. The van der Waals surface area contributed by atoms with E-state index in [-0.39, 0.29) is 35.9 Å². The molecule has 0 saturated carbocycles. The summed E-state index contributed by atoms with van der Waals surface area (Å²) in [6.45, 7) is 10.3. The van der Waals surface area contributed by atoms with Crippen molar-refractivity contribution in [1.82, 2.24) is 20.4 Å². The molecule has 2 fully saturated rings. The zero-order valence-electron chi connectivity index (χ0n) is 19.1. The van der Waals surface area contributed by atoms with Crippen molar-refractivity contribution in [2.75, 3.05) is 45.8 Å². The van der Waals surface area contributed by atoms with Gasteiger partial charge in [-0.1, -0.05) is 13.3 Å². The van der Waals surface area contributed by atoms with Crippen LogP contribution in [0.4, 0.5) is 0 Å². The molecule has 2 aliphatic rings. The number of furan rings is 1. The van der Waals surface area contributed by atoms with Gasteiger partial charge in [0.05, 0.1) is 18.8 Å². The smallest absolute Gasteiger partial charge is 0.224 e. The Morgan fingerprint density at radius 2 is 2.03 bits per heavy atom. The molecule has 1 aromatic heterocycles. The predicted molar refractivity (Wildman–Crippen MR) is 136 cm³/mol. The number of nitrogens with zero attached hydrogens (tertiary/aromatic N) is 3. The topological polar surface area (TPSA) is 73.1 Å². The zero-order chi connectivity index (χ0) is 21.2. The number of carbonyl (C=O) groups excluding carboxylic acids is 1. The maximum atomic E-state index is 12.5. The standard InChI is InChI=1S/C23H39N5O2.HI/c1-3-24-23(25-12-11-22(29)28-15-7-9-19(2)18-28)26-17-20(21-10-8-16-30-21)27-13-5-4-6-14-27;/h8,10,16,19-20H,3-7,9,11-15,17-18H2,1-2H3,(H2,24,25,26);1H. The molecular formula is C23H40IN5O2. The van der Waals surface area contributed by atoms with Crippen LogP contribution in [-0.4, -0.2) is 67.5 Å². The molecule has 3 rings (SSSR count). The molecule has 176 valence electrons. The Morgan fingerprint density at radius 1 is 1.23 bits per heavy atom. The Morgan fingerprint density at radius 3 is 2.71 bits per heavy atom. The third-order valence-electron chi connectivity index (χ3n) is 6.11. The van der Waals surface area contributed by atoms with Crippen molar-refractivity contribution < 1.29 is 9.21 Å². The highest BCUT2D eigenvalue weighted by molar-refractivity contribution is 14.0. The SMILES string of the molecule is CCNC(=NCC(c1ccco1)N1CCCCC1)NCCC(=O)N1CCCC(C)C1.I. The van der Waals surface area contributed by atoms with Crippen LogP contribution in [0.3, 0.4) is 0 Å². The first-order valence-corrected chi connectivity index (χ1v) is 11.7. The molecule has 2 aliphatic heterocycles. The summed E-state index contributed by atoms with van der Waals surface area (Å²) in [5, 5.41) is 6.66. The molecule has 2 atom stereocenters. The first-order valence-electron chi connectivity index (χ1n) is 11.7. The molecule has 2 unspecified atom stereocenters. The van der Waals surface area contributed by atoms with Crippen LogP contribution < -0.4 is 10.6 Å². The van der Waals surface area contributed by atoms with Crippen LogP contribution in [0.25, 0.3) is 0 Å². The number of aliphatic imine (C=N–C) groups is 1. The third-order valence-corrected chi connectivity index (χ3v) is 6.11. The van der Waals surface area contributed by atoms with E-state index in [1.54, 1.807) is 6.26 Å². The lowest BCUT2D eigenvalue weighted by Crippen LogP contribution is -2.43. The van der Waals surface area contributed by atoms with Crippen molar-refractivity contribution in [3.8, 4) is 0 Å². The Hall–Kier alpha value is -1.29. The van der Waals surface area contributed by atoms with E-state index in [1.165, 1.54) is 25.7 Å². The Labute approximate surface area is 204 Å². The molecule has 0 aliphatic carbocycles. The number of carbonyl (C=O) groups is 1. The maximum absolute atomic E-state index is 12.5. The number of rotatable bonds is 8. The third kappa shape index (κ3) is 8.29. The van der Waals surface area contributed by atoms with Crippen LogP contribution in [-0.2, 0) is 4.79 Å². The number of amides is 1. The normalized spacial score (nSPS) is 21.3. The average molecular weight is 546 g/mol. The molecule has 3 heterocycles.